The van der Waals surface area contributed by atoms with Gasteiger partial charge in [0.1, 0.15) is 0 Å². The highest BCUT2D eigenvalue weighted by atomic mass is 14.9. The fraction of sp³-hybridized carbons (Fsp3) is 0.438. The van der Waals surface area contributed by atoms with Crippen molar-refractivity contribution in [3.05, 3.63) is 42.1 Å². The summed E-state index contributed by atoms with van der Waals surface area (Å²) in [7, 11) is 2.07. The predicted octanol–water partition coefficient (Wildman–Crippen LogP) is 3.17. The number of fused-ring (bicyclic) bond motifs is 1. The van der Waals surface area contributed by atoms with Gasteiger partial charge in [-0.25, -0.2) is 0 Å². The number of hydrogen-bond acceptors (Lipinski definition) is 2. The van der Waals surface area contributed by atoms with Crippen LogP contribution in [0.2, 0.25) is 0 Å². The summed E-state index contributed by atoms with van der Waals surface area (Å²) in [5.41, 5.74) is 2.32. The van der Waals surface area contributed by atoms with Gasteiger partial charge >= 0.3 is 0 Å². The van der Waals surface area contributed by atoms with Gasteiger partial charge in [0.15, 0.2) is 0 Å². The minimum absolute atomic E-state index is 0.590. The van der Waals surface area contributed by atoms with E-state index < -0.39 is 0 Å². The lowest BCUT2D eigenvalue weighted by Gasteiger charge is -2.33. The summed E-state index contributed by atoms with van der Waals surface area (Å²) in [6, 6.07) is 13.3. The van der Waals surface area contributed by atoms with Gasteiger partial charge in [-0.2, -0.15) is 0 Å². The Kier molecular flexibility index (Phi) is 3.28. The van der Waals surface area contributed by atoms with Crippen molar-refractivity contribution in [2.45, 2.75) is 31.7 Å². The summed E-state index contributed by atoms with van der Waals surface area (Å²) >= 11 is 0. The summed E-state index contributed by atoms with van der Waals surface area (Å²) < 4.78 is 0. The molecule has 1 fully saturated rings. The number of benzene rings is 1. The van der Waals surface area contributed by atoms with Gasteiger partial charge in [-0.15, -0.1) is 0 Å². The molecule has 1 heterocycles. The van der Waals surface area contributed by atoms with E-state index in [1.807, 2.05) is 0 Å². The molecule has 18 heavy (non-hydrogen) atoms. The summed E-state index contributed by atoms with van der Waals surface area (Å²) in [6.07, 6.45) is 5.19. The first-order valence-electron chi connectivity index (χ1n) is 6.89. The molecule has 1 aromatic heterocycles. The first kappa shape index (κ1) is 11.7. The van der Waals surface area contributed by atoms with Crippen molar-refractivity contribution in [2.24, 2.45) is 5.92 Å². The monoisotopic (exact) mass is 240 g/mol. The van der Waals surface area contributed by atoms with Crippen LogP contribution in [0.15, 0.2) is 36.4 Å². The molecule has 1 unspecified atom stereocenters. The van der Waals surface area contributed by atoms with Crippen molar-refractivity contribution < 1.29 is 0 Å². The zero-order valence-electron chi connectivity index (χ0n) is 10.9. The zero-order chi connectivity index (χ0) is 12.4. The van der Waals surface area contributed by atoms with Crippen LogP contribution in [0, 0.1) is 5.92 Å². The van der Waals surface area contributed by atoms with E-state index in [1.165, 1.54) is 30.3 Å². The molecule has 2 nitrogen and oxygen atoms in total. The molecule has 0 amide bonds. The highest BCUT2D eigenvalue weighted by molar-refractivity contribution is 5.78. The summed E-state index contributed by atoms with van der Waals surface area (Å²) in [5.74, 6) is 0.850. The second-order valence-corrected chi connectivity index (χ2v) is 5.29. The van der Waals surface area contributed by atoms with Gasteiger partial charge in [-0.1, -0.05) is 30.7 Å². The van der Waals surface area contributed by atoms with E-state index >= 15 is 0 Å². The van der Waals surface area contributed by atoms with Crippen molar-refractivity contribution in [1.29, 1.82) is 0 Å². The SMILES string of the molecule is CNC(Cc1ccc2ccccc2n1)C1CCC1. The van der Waals surface area contributed by atoms with Crippen LogP contribution >= 0.6 is 0 Å². The highest BCUT2D eigenvalue weighted by Crippen LogP contribution is 2.30. The van der Waals surface area contributed by atoms with E-state index in [0.717, 1.165) is 17.9 Å². The fourth-order valence-corrected chi connectivity index (χ4v) is 2.79. The number of pyridine rings is 1. The fourth-order valence-electron chi connectivity index (χ4n) is 2.79. The average Bonchev–Trinajstić information content (AvgIpc) is 2.35. The van der Waals surface area contributed by atoms with Gasteiger partial charge in [0.2, 0.25) is 0 Å². The average molecular weight is 240 g/mol. The minimum Gasteiger partial charge on any atom is -0.316 e. The van der Waals surface area contributed by atoms with E-state index in [2.05, 4.69) is 48.8 Å². The molecular weight excluding hydrogens is 220 g/mol. The maximum atomic E-state index is 4.76. The van der Waals surface area contributed by atoms with Crippen LogP contribution < -0.4 is 5.32 Å². The Bertz CT molecular complexity index is 531. The van der Waals surface area contributed by atoms with Crippen molar-refractivity contribution >= 4 is 10.9 Å². The number of para-hydroxylation sites is 1. The van der Waals surface area contributed by atoms with E-state index in [-0.39, 0.29) is 0 Å². The Hall–Kier alpha value is -1.41. The van der Waals surface area contributed by atoms with Gasteiger partial charge in [0, 0.05) is 23.5 Å². The van der Waals surface area contributed by atoms with Crippen LogP contribution in [0.25, 0.3) is 10.9 Å². The number of likely N-dealkylation sites (N-methyl/N-ethyl adjacent to an activating group) is 1. The van der Waals surface area contributed by atoms with Crippen LogP contribution in [-0.4, -0.2) is 18.1 Å². The minimum atomic E-state index is 0.590. The molecule has 0 saturated heterocycles. The van der Waals surface area contributed by atoms with Crippen LogP contribution in [-0.2, 0) is 6.42 Å². The Morgan fingerprint density at radius 3 is 2.78 bits per heavy atom. The topological polar surface area (TPSA) is 24.9 Å². The number of nitrogens with one attached hydrogen (secondary N) is 1. The van der Waals surface area contributed by atoms with E-state index in [9.17, 15) is 0 Å². The smallest absolute Gasteiger partial charge is 0.0705 e. The lowest BCUT2D eigenvalue weighted by Crippen LogP contribution is -2.39. The third kappa shape index (κ3) is 2.25. The molecule has 1 aliphatic carbocycles. The largest absolute Gasteiger partial charge is 0.316 e. The van der Waals surface area contributed by atoms with Gasteiger partial charge in [0.25, 0.3) is 0 Å². The van der Waals surface area contributed by atoms with E-state index in [1.54, 1.807) is 0 Å². The summed E-state index contributed by atoms with van der Waals surface area (Å²) in [6.45, 7) is 0. The Balaban J connectivity index is 1.80. The van der Waals surface area contributed by atoms with Crippen LogP contribution in [0.4, 0.5) is 0 Å². The van der Waals surface area contributed by atoms with Crippen molar-refractivity contribution in [2.75, 3.05) is 7.05 Å². The molecule has 0 radical (unpaired) electrons. The zero-order valence-corrected chi connectivity index (χ0v) is 10.9. The lowest BCUT2D eigenvalue weighted by atomic mass is 9.78. The third-order valence-electron chi connectivity index (χ3n) is 4.17. The molecule has 3 rings (SSSR count). The number of aromatic nitrogens is 1. The van der Waals surface area contributed by atoms with Crippen LogP contribution in [0.1, 0.15) is 25.0 Å². The molecule has 1 aliphatic rings. The molecule has 1 atom stereocenters. The molecule has 1 aromatic carbocycles. The quantitative estimate of drug-likeness (QED) is 0.888. The van der Waals surface area contributed by atoms with Gasteiger partial charge in [-0.05, 0) is 37.9 Å². The van der Waals surface area contributed by atoms with Crippen molar-refractivity contribution in [3.63, 3.8) is 0 Å². The first-order chi connectivity index (χ1) is 8.86. The summed E-state index contributed by atoms with van der Waals surface area (Å²) in [5, 5.41) is 4.69. The molecule has 0 aliphatic heterocycles. The molecule has 2 aromatic rings. The maximum absolute atomic E-state index is 4.76. The maximum Gasteiger partial charge on any atom is 0.0705 e. The van der Waals surface area contributed by atoms with E-state index in [0.29, 0.717) is 6.04 Å². The lowest BCUT2D eigenvalue weighted by molar-refractivity contribution is 0.235. The van der Waals surface area contributed by atoms with Crippen LogP contribution in [0.3, 0.4) is 0 Å². The second-order valence-electron chi connectivity index (χ2n) is 5.29. The molecule has 1 saturated carbocycles. The molecular formula is C16H20N2. The second kappa shape index (κ2) is 5.07. The number of nitrogens with zero attached hydrogens (tertiary/aromatic N) is 1. The standard InChI is InChI=1S/C16H20N2/c1-17-16(12-6-4-7-12)11-14-10-9-13-5-2-3-8-15(13)18-14/h2-3,5,8-10,12,16-17H,4,6-7,11H2,1H3. The predicted molar refractivity (Wildman–Crippen MR) is 75.6 cm³/mol. The molecule has 0 bridgehead atoms. The highest BCUT2D eigenvalue weighted by Gasteiger charge is 2.26. The van der Waals surface area contributed by atoms with Gasteiger partial charge in [0.05, 0.1) is 5.52 Å². The van der Waals surface area contributed by atoms with Crippen LogP contribution in [0.5, 0.6) is 0 Å². The Morgan fingerprint density at radius 1 is 1.22 bits per heavy atom. The van der Waals surface area contributed by atoms with E-state index in [4.69, 9.17) is 4.98 Å². The molecule has 1 N–H and O–H groups in total. The Morgan fingerprint density at radius 2 is 2.06 bits per heavy atom. The number of rotatable bonds is 4. The third-order valence-corrected chi connectivity index (χ3v) is 4.17. The molecule has 0 spiro atoms. The summed E-state index contributed by atoms with van der Waals surface area (Å²) in [4.78, 5) is 4.76. The number of hydrogen-bond donors (Lipinski definition) is 1. The molecule has 2 heteroatoms. The normalized spacial score (nSPS) is 17.6. The van der Waals surface area contributed by atoms with Crippen molar-refractivity contribution in [1.82, 2.24) is 10.3 Å². The first-order valence-corrected chi connectivity index (χ1v) is 6.89. The molecule has 94 valence electrons. The van der Waals surface area contributed by atoms with Gasteiger partial charge in [-0.3, -0.25) is 4.98 Å². The van der Waals surface area contributed by atoms with Gasteiger partial charge < -0.3 is 5.32 Å². The Labute approximate surface area is 108 Å². The van der Waals surface area contributed by atoms with Crippen molar-refractivity contribution in [3.8, 4) is 0 Å².